The zero-order chi connectivity index (χ0) is 13.5. The number of hydrogen-bond donors (Lipinski definition) is 1. The highest BCUT2D eigenvalue weighted by atomic mass is 16.7. The maximum Gasteiger partial charge on any atom is 0.331 e. The van der Waals surface area contributed by atoms with Gasteiger partial charge in [0.2, 0.25) is 0 Å². The lowest BCUT2D eigenvalue weighted by atomic mass is 10.2. The Morgan fingerprint density at radius 2 is 1.89 bits per heavy atom. The molecule has 0 aliphatic rings. The summed E-state index contributed by atoms with van der Waals surface area (Å²) in [6.07, 6.45) is 0.785. The average Bonchev–Trinajstić information content (AvgIpc) is 2.29. The average molecular weight is 250 g/mol. The fourth-order valence-corrected chi connectivity index (χ4v) is 1.48. The third kappa shape index (κ3) is 5.01. The summed E-state index contributed by atoms with van der Waals surface area (Å²) in [5, 5.41) is 8.75. The van der Waals surface area contributed by atoms with Crippen LogP contribution in [-0.4, -0.2) is 23.5 Å². The predicted molar refractivity (Wildman–Crippen MR) is 68.5 cm³/mol. The van der Waals surface area contributed by atoms with Crippen LogP contribution in [0.4, 0.5) is 0 Å². The van der Waals surface area contributed by atoms with E-state index in [1.54, 1.807) is 19.9 Å². The highest BCUT2D eigenvalue weighted by Gasteiger charge is 2.10. The standard InChI is InChI=1S/C14H18O4/c1-10(14(15)16)9-11(2)17-12(3)18-13-7-5-4-6-8-13/h4-9,11-12H,1-3H3,(H,15,16). The van der Waals surface area contributed by atoms with E-state index in [1.165, 1.54) is 6.92 Å². The van der Waals surface area contributed by atoms with E-state index in [2.05, 4.69) is 0 Å². The van der Waals surface area contributed by atoms with Gasteiger partial charge in [-0.2, -0.15) is 0 Å². The molecule has 4 nitrogen and oxygen atoms in total. The molecule has 4 heteroatoms. The Kier molecular flexibility index (Phi) is 5.39. The molecular formula is C14H18O4. The molecule has 0 aromatic heterocycles. The highest BCUT2D eigenvalue weighted by Crippen LogP contribution is 2.12. The lowest BCUT2D eigenvalue weighted by Gasteiger charge is -2.18. The monoisotopic (exact) mass is 250 g/mol. The van der Waals surface area contributed by atoms with Crippen molar-refractivity contribution in [2.45, 2.75) is 33.2 Å². The molecule has 0 radical (unpaired) electrons. The van der Waals surface area contributed by atoms with Gasteiger partial charge < -0.3 is 14.6 Å². The summed E-state index contributed by atoms with van der Waals surface area (Å²) in [7, 11) is 0. The Morgan fingerprint density at radius 3 is 2.44 bits per heavy atom. The molecule has 0 amide bonds. The van der Waals surface area contributed by atoms with Gasteiger partial charge in [0, 0.05) is 5.57 Å². The number of aliphatic carboxylic acids is 1. The summed E-state index contributed by atoms with van der Waals surface area (Å²) in [4.78, 5) is 10.7. The van der Waals surface area contributed by atoms with Crippen molar-refractivity contribution in [3.8, 4) is 5.75 Å². The van der Waals surface area contributed by atoms with Crippen LogP contribution in [0.5, 0.6) is 5.75 Å². The fraction of sp³-hybridized carbons (Fsp3) is 0.357. The van der Waals surface area contributed by atoms with Gasteiger partial charge in [-0.05, 0) is 39.0 Å². The quantitative estimate of drug-likeness (QED) is 0.623. The minimum absolute atomic E-state index is 0.259. The minimum Gasteiger partial charge on any atom is -0.478 e. The number of benzene rings is 1. The van der Waals surface area contributed by atoms with Crippen molar-refractivity contribution >= 4 is 5.97 Å². The Hall–Kier alpha value is -1.81. The molecule has 98 valence electrons. The number of carboxylic acids is 1. The van der Waals surface area contributed by atoms with Crippen LogP contribution in [0.15, 0.2) is 42.0 Å². The third-order valence-electron chi connectivity index (χ3n) is 2.27. The molecule has 0 fully saturated rings. The van der Waals surface area contributed by atoms with Crippen LogP contribution in [0, 0.1) is 0 Å². The largest absolute Gasteiger partial charge is 0.478 e. The zero-order valence-corrected chi connectivity index (χ0v) is 10.8. The molecule has 0 aliphatic heterocycles. The summed E-state index contributed by atoms with van der Waals surface area (Å²) >= 11 is 0. The Morgan fingerprint density at radius 1 is 1.28 bits per heavy atom. The Labute approximate surface area is 107 Å². The van der Waals surface area contributed by atoms with Crippen LogP contribution < -0.4 is 4.74 Å². The van der Waals surface area contributed by atoms with E-state index < -0.39 is 12.3 Å². The third-order valence-corrected chi connectivity index (χ3v) is 2.27. The van der Waals surface area contributed by atoms with Gasteiger partial charge in [-0.1, -0.05) is 18.2 Å². The van der Waals surface area contributed by atoms with Crippen molar-refractivity contribution in [1.82, 2.24) is 0 Å². The van der Waals surface area contributed by atoms with E-state index in [9.17, 15) is 4.79 Å². The van der Waals surface area contributed by atoms with Crippen molar-refractivity contribution in [3.63, 3.8) is 0 Å². The number of carbonyl (C=O) groups is 1. The van der Waals surface area contributed by atoms with Gasteiger partial charge in [-0.15, -0.1) is 0 Å². The first-order valence-electron chi connectivity index (χ1n) is 5.78. The van der Waals surface area contributed by atoms with Crippen LogP contribution in [0.25, 0.3) is 0 Å². The number of carboxylic acid groups (broad SMARTS) is 1. The van der Waals surface area contributed by atoms with Gasteiger partial charge in [-0.3, -0.25) is 0 Å². The number of ether oxygens (including phenoxy) is 2. The topological polar surface area (TPSA) is 55.8 Å². The molecule has 0 saturated heterocycles. The van der Waals surface area contributed by atoms with Crippen molar-refractivity contribution < 1.29 is 19.4 Å². The molecule has 0 saturated carbocycles. The highest BCUT2D eigenvalue weighted by molar-refractivity contribution is 5.85. The zero-order valence-electron chi connectivity index (χ0n) is 10.8. The second-order valence-corrected chi connectivity index (χ2v) is 3.99. The van der Waals surface area contributed by atoms with Crippen molar-refractivity contribution in [2.75, 3.05) is 0 Å². The number of hydrogen-bond acceptors (Lipinski definition) is 3. The maximum absolute atomic E-state index is 10.7. The van der Waals surface area contributed by atoms with Gasteiger partial charge in [0.05, 0.1) is 6.10 Å². The fourth-order valence-electron chi connectivity index (χ4n) is 1.48. The second-order valence-electron chi connectivity index (χ2n) is 3.99. The first kappa shape index (κ1) is 14.3. The first-order chi connectivity index (χ1) is 8.49. The molecule has 18 heavy (non-hydrogen) atoms. The van der Waals surface area contributed by atoms with E-state index >= 15 is 0 Å². The molecule has 1 aromatic rings. The summed E-state index contributed by atoms with van der Waals surface area (Å²) < 4.78 is 11.0. The molecule has 2 unspecified atom stereocenters. The van der Waals surface area contributed by atoms with E-state index in [-0.39, 0.29) is 11.7 Å². The summed E-state index contributed by atoms with van der Waals surface area (Å²) in [5.41, 5.74) is 0.259. The van der Waals surface area contributed by atoms with Crippen LogP contribution in [0.3, 0.4) is 0 Å². The molecule has 0 heterocycles. The van der Waals surface area contributed by atoms with Crippen LogP contribution in [-0.2, 0) is 9.53 Å². The molecule has 1 N–H and O–H groups in total. The summed E-state index contributed by atoms with van der Waals surface area (Å²) in [6.45, 7) is 5.08. The summed E-state index contributed by atoms with van der Waals surface area (Å²) in [6, 6.07) is 9.33. The Bertz CT molecular complexity index is 411. The van der Waals surface area contributed by atoms with Gasteiger partial charge in [0.1, 0.15) is 5.75 Å². The van der Waals surface area contributed by atoms with Gasteiger partial charge >= 0.3 is 5.97 Å². The van der Waals surface area contributed by atoms with Gasteiger partial charge in [0.25, 0.3) is 0 Å². The van der Waals surface area contributed by atoms with Crippen molar-refractivity contribution in [2.24, 2.45) is 0 Å². The maximum atomic E-state index is 10.7. The molecule has 0 spiro atoms. The number of para-hydroxylation sites is 1. The first-order valence-corrected chi connectivity index (χ1v) is 5.78. The lowest BCUT2D eigenvalue weighted by molar-refractivity contribution is -0.132. The van der Waals surface area contributed by atoms with Crippen molar-refractivity contribution in [3.05, 3.63) is 42.0 Å². The predicted octanol–water partition coefficient (Wildman–Crippen LogP) is 2.85. The number of rotatable bonds is 6. The van der Waals surface area contributed by atoms with E-state index in [4.69, 9.17) is 14.6 Å². The van der Waals surface area contributed by atoms with Crippen molar-refractivity contribution in [1.29, 1.82) is 0 Å². The normalized spacial score (nSPS) is 14.9. The molecular weight excluding hydrogens is 232 g/mol. The van der Waals surface area contributed by atoms with E-state index in [1.807, 2.05) is 30.3 Å². The molecule has 0 aliphatic carbocycles. The van der Waals surface area contributed by atoms with Crippen LogP contribution in [0.1, 0.15) is 20.8 Å². The molecule has 1 aromatic carbocycles. The lowest BCUT2D eigenvalue weighted by Crippen LogP contribution is -2.21. The molecule has 2 atom stereocenters. The smallest absolute Gasteiger partial charge is 0.331 e. The van der Waals surface area contributed by atoms with Crippen LogP contribution >= 0.6 is 0 Å². The Balaban J connectivity index is 2.48. The van der Waals surface area contributed by atoms with Gasteiger partial charge in [0.15, 0.2) is 6.29 Å². The van der Waals surface area contributed by atoms with E-state index in [0.717, 1.165) is 5.75 Å². The molecule has 0 bridgehead atoms. The van der Waals surface area contributed by atoms with Gasteiger partial charge in [-0.25, -0.2) is 4.79 Å². The second kappa shape index (κ2) is 6.81. The molecule has 1 rings (SSSR count). The minimum atomic E-state index is -0.943. The van der Waals surface area contributed by atoms with Crippen LogP contribution in [0.2, 0.25) is 0 Å². The summed E-state index contributed by atoms with van der Waals surface area (Å²) in [5.74, 6) is -0.224. The SMILES string of the molecule is CC(=CC(C)OC(C)Oc1ccccc1)C(=O)O. The van der Waals surface area contributed by atoms with E-state index in [0.29, 0.717) is 0 Å².